The zero-order valence-electron chi connectivity index (χ0n) is 11.0. The molecule has 1 saturated carbocycles. The van der Waals surface area contributed by atoms with E-state index in [1.165, 1.54) is 6.07 Å². The Kier molecular flexibility index (Phi) is 4.20. The van der Waals surface area contributed by atoms with Gasteiger partial charge in [-0.15, -0.1) is 0 Å². The summed E-state index contributed by atoms with van der Waals surface area (Å²) in [6.07, 6.45) is 0.381. The van der Waals surface area contributed by atoms with Crippen LogP contribution in [0.2, 0.25) is 0 Å². The SMILES string of the molecule is Nc1cc(C(F)(F)F)ccc1NC(=O)C1CCCCC1. The summed E-state index contributed by atoms with van der Waals surface area (Å²) in [5.41, 5.74) is 4.95. The average Bonchev–Trinajstić information content (AvgIpc) is 2.41. The van der Waals surface area contributed by atoms with Crippen molar-refractivity contribution in [2.45, 2.75) is 38.3 Å². The van der Waals surface area contributed by atoms with Crippen molar-refractivity contribution in [3.8, 4) is 0 Å². The van der Waals surface area contributed by atoms with Crippen LogP contribution in [0.3, 0.4) is 0 Å². The molecule has 0 bridgehead atoms. The van der Waals surface area contributed by atoms with Crippen LogP contribution in [-0.4, -0.2) is 5.91 Å². The van der Waals surface area contributed by atoms with Crippen molar-refractivity contribution >= 4 is 17.3 Å². The fraction of sp³-hybridized carbons (Fsp3) is 0.500. The first kappa shape index (κ1) is 14.7. The third kappa shape index (κ3) is 3.43. The van der Waals surface area contributed by atoms with Crippen molar-refractivity contribution in [3.05, 3.63) is 23.8 Å². The molecule has 3 N–H and O–H groups in total. The van der Waals surface area contributed by atoms with Gasteiger partial charge in [0.2, 0.25) is 5.91 Å². The Morgan fingerprint density at radius 1 is 1.20 bits per heavy atom. The normalized spacial score (nSPS) is 16.9. The Morgan fingerprint density at radius 3 is 2.40 bits per heavy atom. The Morgan fingerprint density at radius 2 is 1.85 bits per heavy atom. The van der Waals surface area contributed by atoms with E-state index in [0.717, 1.165) is 44.2 Å². The zero-order chi connectivity index (χ0) is 14.8. The molecular formula is C14H17F3N2O. The maximum Gasteiger partial charge on any atom is 0.416 e. The third-order valence-corrected chi connectivity index (χ3v) is 3.61. The number of halogens is 3. The molecule has 0 aromatic heterocycles. The van der Waals surface area contributed by atoms with E-state index in [9.17, 15) is 18.0 Å². The van der Waals surface area contributed by atoms with Gasteiger partial charge in [0.05, 0.1) is 16.9 Å². The van der Waals surface area contributed by atoms with E-state index in [-0.39, 0.29) is 23.2 Å². The molecule has 0 atom stereocenters. The summed E-state index contributed by atoms with van der Waals surface area (Å²) in [7, 11) is 0. The van der Waals surface area contributed by atoms with Crippen molar-refractivity contribution < 1.29 is 18.0 Å². The van der Waals surface area contributed by atoms with Crippen LogP contribution in [0.1, 0.15) is 37.7 Å². The molecule has 1 aromatic carbocycles. The number of carbonyl (C=O) groups excluding carboxylic acids is 1. The number of carbonyl (C=O) groups is 1. The van der Waals surface area contributed by atoms with E-state index >= 15 is 0 Å². The van der Waals surface area contributed by atoms with E-state index < -0.39 is 11.7 Å². The van der Waals surface area contributed by atoms with Crippen LogP contribution in [0.15, 0.2) is 18.2 Å². The van der Waals surface area contributed by atoms with Crippen molar-refractivity contribution in [2.75, 3.05) is 11.1 Å². The second-order valence-electron chi connectivity index (χ2n) is 5.12. The minimum atomic E-state index is -4.43. The van der Waals surface area contributed by atoms with Gasteiger partial charge >= 0.3 is 6.18 Å². The topological polar surface area (TPSA) is 55.1 Å². The molecule has 1 amide bonds. The van der Waals surface area contributed by atoms with Gasteiger partial charge < -0.3 is 11.1 Å². The Bertz CT molecular complexity index is 494. The minimum absolute atomic E-state index is 0.0644. The van der Waals surface area contributed by atoms with Gasteiger partial charge in [-0.2, -0.15) is 13.2 Å². The number of amides is 1. The van der Waals surface area contributed by atoms with Crippen molar-refractivity contribution in [1.82, 2.24) is 0 Å². The lowest BCUT2D eigenvalue weighted by atomic mass is 9.88. The quantitative estimate of drug-likeness (QED) is 0.812. The van der Waals surface area contributed by atoms with Crippen molar-refractivity contribution in [3.63, 3.8) is 0 Å². The number of anilines is 2. The number of nitrogens with one attached hydrogen (secondary N) is 1. The number of benzene rings is 1. The van der Waals surface area contributed by atoms with Gasteiger partial charge in [0.15, 0.2) is 0 Å². The second-order valence-corrected chi connectivity index (χ2v) is 5.12. The lowest BCUT2D eigenvalue weighted by Crippen LogP contribution is -2.25. The second kappa shape index (κ2) is 5.73. The van der Waals surface area contributed by atoms with Gasteiger partial charge in [-0.05, 0) is 31.0 Å². The van der Waals surface area contributed by atoms with E-state index in [1.807, 2.05) is 0 Å². The molecule has 0 saturated heterocycles. The highest BCUT2D eigenvalue weighted by Gasteiger charge is 2.31. The van der Waals surface area contributed by atoms with Crippen LogP contribution >= 0.6 is 0 Å². The molecular weight excluding hydrogens is 269 g/mol. The molecule has 20 heavy (non-hydrogen) atoms. The fourth-order valence-corrected chi connectivity index (χ4v) is 2.45. The van der Waals surface area contributed by atoms with Crippen molar-refractivity contribution in [2.24, 2.45) is 5.92 Å². The van der Waals surface area contributed by atoms with Gasteiger partial charge in [0.25, 0.3) is 0 Å². The first-order chi connectivity index (χ1) is 9.38. The smallest absolute Gasteiger partial charge is 0.397 e. The summed E-state index contributed by atoms with van der Waals surface area (Å²) in [4.78, 5) is 12.0. The van der Waals surface area contributed by atoms with E-state index in [1.54, 1.807) is 0 Å². The van der Waals surface area contributed by atoms with E-state index in [0.29, 0.717) is 0 Å². The predicted molar refractivity (Wildman–Crippen MR) is 71.1 cm³/mol. The summed E-state index contributed by atoms with van der Waals surface area (Å²) in [5.74, 6) is -0.221. The van der Waals surface area contributed by atoms with Crippen LogP contribution in [0.4, 0.5) is 24.5 Å². The van der Waals surface area contributed by atoms with Crippen LogP contribution < -0.4 is 11.1 Å². The van der Waals surface area contributed by atoms with Gasteiger partial charge in [-0.3, -0.25) is 4.79 Å². The number of nitrogen functional groups attached to an aromatic ring is 1. The Balaban J connectivity index is 2.08. The standard InChI is InChI=1S/C14H17F3N2O/c15-14(16,17)10-6-7-12(11(18)8-10)19-13(20)9-4-2-1-3-5-9/h6-9H,1-5,18H2,(H,19,20). The summed E-state index contributed by atoms with van der Waals surface area (Å²) < 4.78 is 37.5. The molecule has 0 heterocycles. The van der Waals surface area contributed by atoms with E-state index in [4.69, 9.17) is 5.73 Å². The average molecular weight is 286 g/mol. The van der Waals surface area contributed by atoms with Crippen LogP contribution in [0.5, 0.6) is 0 Å². The van der Waals surface area contributed by atoms with Gasteiger partial charge in [-0.1, -0.05) is 19.3 Å². The number of alkyl halides is 3. The maximum absolute atomic E-state index is 12.5. The van der Waals surface area contributed by atoms with Crippen LogP contribution in [-0.2, 0) is 11.0 Å². The van der Waals surface area contributed by atoms with Gasteiger partial charge in [-0.25, -0.2) is 0 Å². The van der Waals surface area contributed by atoms with Crippen LogP contribution in [0.25, 0.3) is 0 Å². The lowest BCUT2D eigenvalue weighted by molar-refractivity contribution is -0.137. The van der Waals surface area contributed by atoms with Gasteiger partial charge in [0.1, 0.15) is 0 Å². The lowest BCUT2D eigenvalue weighted by Gasteiger charge is -2.21. The summed E-state index contributed by atoms with van der Waals surface area (Å²) in [6, 6.07) is 2.97. The van der Waals surface area contributed by atoms with Crippen LogP contribution in [0, 0.1) is 5.92 Å². The summed E-state index contributed by atoms with van der Waals surface area (Å²) >= 11 is 0. The summed E-state index contributed by atoms with van der Waals surface area (Å²) in [6.45, 7) is 0. The first-order valence-corrected chi connectivity index (χ1v) is 6.65. The zero-order valence-corrected chi connectivity index (χ0v) is 11.0. The summed E-state index contributed by atoms with van der Waals surface area (Å²) in [5, 5.41) is 2.63. The molecule has 110 valence electrons. The number of rotatable bonds is 2. The van der Waals surface area contributed by atoms with E-state index in [2.05, 4.69) is 5.32 Å². The molecule has 6 heteroatoms. The highest BCUT2D eigenvalue weighted by Crippen LogP contribution is 2.33. The Labute approximate surface area is 115 Å². The number of nitrogens with two attached hydrogens (primary N) is 1. The fourth-order valence-electron chi connectivity index (χ4n) is 2.45. The predicted octanol–water partition coefficient (Wildman–Crippen LogP) is 3.81. The molecule has 1 aromatic rings. The largest absolute Gasteiger partial charge is 0.416 e. The van der Waals surface area contributed by atoms with Gasteiger partial charge in [0, 0.05) is 5.92 Å². The van der Waals surface area contributed by atoms with Crippen molar-refractivity contribution in [1.29, 1.82) is 0 Å². The molecule has 0 aliphatic heterocycles. The maximum atomic E-state index is 12.5. The first-order valence-electron chi connectivity index (χ1n) is 6.65. The molecule has 3 nitrogen and oxygen atoms in total. The molecule has 0 radical (unpaired) electrons. The molecule has 0 unspecified atom stereocenters. The number of hydrogen-bond donors (Lipinski definition) is 2. The third-order valence-electron chi connectivity index (χ3n) is 3.61. The monoisotopic (exact) mass is 286 g/mol. The molecule has 1 aliphatic rings. The number of hydrogen-bond acceptors (Lipinski definition) is 2. The molecule has 1 fully saturated rings. The minimum Gasteiger partial charge on any atom is -0.397 e. The molecule has 0 spiro atoms. The Hall–Kier alpha value is -1.72. The highest BCUT2D eigenvalue weighted by molar-refractivity contribution is 5.95. The molecule has 2 rings (SSSR count). The molecule has 1 aliphatic carbocycles. The highest BCUT2D eigenvalue weighted by atomic mass is 19.4.